The molecule has 7 nitrogen and oxygen atoms in total. The van der Waals surface area contributed by atoms with Crippen LogP contribution in [0.15, 0.2) is 35.0 Å². The van der Waals surface area contributed by atoms with Crippen LogP contribution in [0.5, 0.6) is 0 Å². The van der Waals surface area contributed by atoms with E-state index >= 15 is 0 Å². The van der Waals surface area contributed by atoms with Gasteiger partial charge in [0.05, 0.1) is 6.04 Å². The summed E-state index contributed by atoms with van der Waals surface area (Å²) in [6, 6.07) is 9.01. The summed E-state index contributed by atoms with van der Waals surface area (Å²) in [5, 5.41) is 26.2. The van der Waals surface area contributed by atoms with E-state index in [0.29, 0.717) is 0 Å². The van der Waals surface area contributed by atoms with E-state index in [1.807, 2.05) is 30.3 Å². The highest BCUT2D eigenvalue weighted by molar-refractivity contribution is 5.92. The third-order valence-electron chi connectivity index (χ3n) is 2.69. The standard InChI is InChI=1S/C12H13N3O4/c1-8(9-5-3-2-4-6-9)13-12(17)11-10(7-16)14-19-15(11)18/h2-6,8,16H,7H2,1H3,(H,13,17)/t8-/m1/s1. The Bertz CT molecular complexity index is 568. The minimum Gasteiger partial charge on any atom is -0.387 e. The molecule has 0 fully saturated rings. The lowest BCUT2D eigenvalue weighted by Crippen LogP contribution is -2.38. The van der Waals surface area contributed by atoms with Gasteiger partial charge in [0.25, 0.3) is 17.3 Å². The van der Waals surface area contributed by atoms with Crippen LogP contribution in [0.1, 0.15) is 34.7 Å². The molecule has 2 N–H and O–H groups in total. The first-order valence-corrected chi connectivity index (χ1v) is 5.68. The van der Waals surface area contributed by atoms with Gasteiger partial charge in [-0.2, -0.15) is 0 Å². The molecule has 0 saturated heterocycles. The molecule has 0 bridgehead atoms. The molecular formula is C12H13N3O4. The topological polar surface area (TPSA) is 102 Å². The molecular weight excluding hydrogens is 250 g/mol. The fourth-order valence-corrected chi connectivity index (χ4v) is 1.68. The van der Waals surface area contributed by atoms with Crippen molar-refractivity contribution in [1.29, 1.82) is 0 Å². The van der Waals surface area contributed by atoms with Crippen LogP contribution in [-0.4, -0.2) is 16.2 Å². The summed E-state index contributed by atoms with van der Waals surface area (Å²) >= 11 is 0. The van der Waals surface area contributed by atoms with Gasteiger partial charge in [0, 0.05) is 5.16 Å². The van der Waals surface area contributed by atoms with E-state index in [1.165, 1.54) is 0 Å². The van der Waals surface area contributed by atoms with Gasteiger partial charge in [0.15, 0.2) is 0 Å². The Balaban J connectivity index is 2.15. The molecule has 7 heteroatoms. The van der Waals surface area contributed by atoms with Gasteiger partial charge in [-0.25, -0.2) is 0 Å². The molecule has 100 valence electrons. The molecule has 0 aliphatic carbocycles. The highest BCUT2D eigenvalue weighted by Gasteiger charge is 2.27. The van der Waals surface area contributed by atoms with Gasteiger partial charge in [-0.05, 0) is 17.4 Å². The lowest BCUT2D eigenvalue weighted by molar-refractivity contribution is -0.803. The van der Waals surface area contributed by atoms with Crippen molar-refractivity contribution in [3.05, 3.63) is 52.5 Å². The van der Waals surface area contributed by atoms with Gasteiger partial charge in [0.2, 0.25) is 0 Å². The molecule has 0 aliphatic heterocycles. The summed E-state index contributed by atoms with van der Waals surface area (Å²) in [4.78, 5) is 11.9. The van der Waals surface area contributed by atoms with Crippen molar-refractivity contribution in [1.82, 2.24) is 10.5 Å². The van der Waals surface area contributed by atoms with Gasteiger partial charge in [-0.1, -0.05) is 30.3 Å². The number of hydrogen-bond donors (Lipinski definition) is 2. The fraction of sp³-hybridized carbons (Fsp3) is 0.250. The number of carbonyl (C=O) groups excluding carboxylic acids is 1. The molecule has 1 aromatic carbocycles. The number of rotatable bonds is 4. The van der Waals surface area contributed by atoms with E-state index in [9.17, 15) is 10.0 Å². The Morgan fingerprint density at radius 1 is 1.53 bits per heavy atom. The summed E-state index contributed by atoms with van der Waals surface area (Å²) in [5.41, 5.74) is 0.480. The van der Waals surface area contributed by atoms with E-state index in [1.54, 1.807) is 6.92 Å². The van der Waals surface area contributed by atoms with Crippen LogP contribution >= 0.6 is 0 Å². The summed E-state index contributed by atoms with van der Waals surface area (Å²) < 4.78 is 4.29. The zero-order chi connectivity index (χ0) is 13.8. The Morgan fingerprint density at radius 2 is 2.21 bits per heavy atom. The van der Waals surface area contributed by atoms with Crippen molar-refractivity contribution >= 4 is 5.91 Å². The van der Waals surface area contributed by atoms with E-state index in [-0.39, 0.29) is 22.3 Å². The predicted octanol–water partition coefficient (Wildman–Crippen LogP) is 0.291. The molecule has 1 heterocycles. The maximum Gasteiger partial charge on any atom is 0.300 e. The number of nitrogens with one attached hydrogen (secondary N) is 1. The van der Waals surface area contributed by atoms with Gasteiger partial charge in [0.1, 0.15) is 6.61 Å². The van der Waals surface area contributed by atoms with E-state index in [2.05, 4.69) is 15.1 Å². The van der Waals surface area contributed by atoms with Crippen LogP contribution in [0, 0.1) is 5.21 Å². The molecule has 0 saturated carbocycles. The van der Waals surface area contributed by atoms with Gasteiger partial charge >= 0.3 is 0 Å². The zero-order valence-corrected chi connectivity index (χ0v) is 10.2. The second kappa shape index (κ2) is 5.49. The number of aliphatic hydroxyl groups is 1. The molecule has 2 rings (SSSR count). The number of hydrogen-bond acceptors (Lipinski definition) is 5. The fourth-order valence-electron chi connectivity index (χ4n) is 1.68. The largest absolute Gasteiger partial charge is 0.387 e. The average molecular weight is 263 g/mol. The average Bonchev–Trinajstić information content (AvgIpc) is 2.80. The predicted molar refractivity (Wildman–Crippen MR) is 63.7 cm³/mol. The summed E-state index contributed by atoms with van der Waals surface area (Å²) in [7, 11) is 0. The van der Waals surface area contributed by atoms with Crippen LogP contribution in [0.3, 0.4) is 0 Å². The minimum absolute atomic E-state index is 0.0153. The van der Waals surface area contributed by atoms with Crippen molar-refractivity contribution in [2.24, 2.45) is 0 Å². The second-order valence-corrected chi connectivity index (χ2v) is 3.99. The van der Waals surface area contributed by atoms with Crippen LogP contribution in [0.4, 0.5) is 0 Å². The summed E-state index contributed by atoms with van der Waals surface area (Å²) in [6.07, 6.45) is 0. The van der Waals surface area contributed by atoms with E-state index < -0.39 is 12.5 Å². The molecule has 1 aromatic heterocycles. The zero-order valence-electron chi connectivity index (χ0n) is 10.2. The number of aliphatic hydroxyl groups excluding tert-OH is 1. The first-order chi connectivity index (χ1) is 9.13. The Kier molecular flexibility index (Phi) is 3.76. The number of carbonyl (C=O) groups is 1. The summed E-state index contributed by atoms with van der Waals surface area (Å²) in [6.45, 7) is 1.25. The van der Waals surface area contributed by atoms with Crippen LogP contribution < -0.4 is 10.2 Å². The molecule has 19 heavy (non-hydrogen) atoms. The molecule has 0 aliphatic rings. The summed E-state index contributed by atoms with van der Waals surface area (Å²) in [5.74, 6) is -0.642. The van der Waals surface area contributed by atoms with Crippen molar-refractivity contribution in [2.45, 2.75) is 19.6 Å². The maximum atomic E-state index is 11.9. The van der Waals surface area contributed by atoms with Crippen LogP contribution in [0.2, 0.25) is 0 Å². The maximum absolute atomic E-state index is 11.9. The van der Waals surface area contributed by atoms with E-state index in [0.717, 1.165) is 5.56 Å². The number of nitrogens with zero attached hydrogens (tertiary/aromatic N) is 2. The Labute approximate surface area is 109 Å². The van der Waals surface area contributed by atoms with Crippen molar-refractivity contribution < 1.29 is 19.4 Å². The highest BCUT2D eigenvalue weighted by Crippen LogP contribution is 2.12. The second-order valence-electron chi connectivity index (χ2n) is 3.99. The number of amides is 1. The van der Waals surface area contributed by atoms with Crippen molar-refractivity contribution in [3.8, 4) is 0 Å². The first-order valence-electron chi connectivity index (χ1n) is 5.68. The Hall–Kier alpha value is -2.41. The number of benzene rings is 1. The van der Waals surface area contributed by atoms with E-state index in [4.69, 9.17) is 5.11 Å². The Morgan fingerprint density at radius 3 is 2.84 bits per heavy atom. The number of aromatic nitrogens is 2. The SMILES string of the molecule is C[C@@H](NC(=O)c1c(CO)no[n+]1[O-])c1ccccc1. The van der Waals surface area contributed by atoms with Crippen LogP contribution in [0.25, 0.3) is 0 Å². The lowest BCUT2D eigenvalue weighted by atomic mass is 10.1. The molecule has 1 atom stereocenters. The minimum atomic E-state index is -0.642. The van der Waals surface area contributed by atoms with Crippen LogP contribution in [-0.2, 0) is 6.61 Å². The lowest BCUT2D eigenvalue weighted by Gasteiger charge is -2.12. The highest BCUT2D eigenvalue weighted by atomic mass is 16.8. The van der Waals surface area contributed by atoms with Gasteiger partial charge in [-0.3, -0.25) is 9.42 Å². The molecule has 2 aromatic rings. The normalized spacial score (nSPS) is 12.1. The van der Waals surface area contributed by atoms with Crippen molar-refractivity contribution in [2.75, 3.05) is 0 Å². The third-order valence-corrected chi connectivity index (χ3v) is 2.69. The van der Waals surface area contributed by atoms with Gasteiger partial charge in [-0.15, -0.1) is 0 Å². The molecule has 0 spiro atoms. The monoisotopic (exact) mass is 263 g/mol. The van der Waals surface area contributed by atoms with Gasteiger partial charge < -0.3 is 15.6 Å². The first kappa shape index (κ1) is 13.0. The quantitative estimate of drug-likeness (QED) is 0.772. The molecule has 0 radical (unpaired) electrons. The molecule has 0 unspecified atom stereocenters. The molecule has 1 amide bonds. The third kappa shape index (κ3) is 2.71. The van der Waals surface area contributed by atoms with Crippen molar-refractivity contribution in [3.63, 3.8) is 0 Å². The smallest absolute Gasteiger partial charge is 0.300 e.